The van der Waals surface area contributed by atoms with E-state index in [9.17, 15) is 0 Å². The summed E-state index contributed by atoms with van der Waals surface area (Å²) in [5.74, 6) is 2.21. The molecular weight excluding hydrogens is 224 g/mol. The molecule has 17 heavy (non-hydrogen) atoms. The molecule has 96 valence electrons. The normalized spacial score (nSPS) is 9.94. The van der Waals surface area contributed by atoms with Gasteiger partial charge in [0.2, 0.25) is 0 Å². The quantitative estimate of drug-likeness (QED) is 0.813. The second-order valence-corrected chi connectivity index (χ2v) is 3.30. The summed E-state index contributed by atoms with van der Waals surface area (Å²) in [4.78, 5) is 0. The van der Waals surface area contributed by atoms with Crippen LogP contribution in [0.2, 0.25) is 0 Å². The summed E-state index contributed by atoms with van der Waals surface area (Å²) >= 11 is 0. The van der Waals surface area contributed by atoms with Gasteiger partial charge in [0.05, 0.1) is 28.4 Å². The molecule has 0 amide bonds. The minimum absolute atomic E-state index is 0.0109. The van der Waals surface area contributed by atoms with Gasteiger partial charge in [0.1, 0.15) is 0 Å². The van der Waals surface area contributed by atoms with Crippen molar-refractivity contribution in [1.82, 2.24) is 0 Å². The lowest BCUT2D eigenvalue weighted by Gasteiger charge is -2.18. The fourth-order valence-corrected chi connectivity index (χ4v) is 1.74. The Hall–Kier alpha value is -1.62. The molecule has 0 aliphatic heterocycles. The van der Waals surface area contributed by atoms with Gasteiger partial charge in [-0.1, -0.05) is 0 Å². The average molecular weight is 242 g/mol. The van der Waals surface area contributed by atoms with Gasteiger partial charge in [-0.2, -0.15) is 0 Å². The standard InChI is InChI=1S/C12H18O5/c1-14-9-7-10(15-2)12(17-4)8(5-6-13)11(9)16-3/h7,13H,5-6H2,1-4H3. The molecule has 1 rings (SSSR count). The van der Waals surface area contributed by atoms with Crippen molar-refractivity contribution in [3.8, 4) is 23.0 Å². The van der Waals surface area contributed by atoms with Gasteiger partial charge >= 0.3 is 0 Å². The van der Waals surface area contributed by atoms with Crippen LogP contribution in [0.4, 0.5) is 0 Å². The Morgan fingerprint density at radius 1 is 0.882 bits per heavy atom. The van der Waals surface area contributed by atoms with Crippen molar-refractivity contribution >= 4 is 0 Å². The summed E-state index contributed by atoms with van der Waals surface area (Å²) in [6.07, 6.45) is 0.403. The number of hydrogen-bond acceptors (Lipinski definition) is 5. The number of aliphatic hydroxyl groups is 1. The molecule has 0 aromatic heterocycles. The third-order valence-corrected chi connectivity index (χ3v) is 2.47. The topological polar surface area (TPSA) is 57.2 Å². The monoisotopic (exact) mass is 242 g/mol. The summed E-state index contributed by atoms with van der Waals surface area (Å²) in [7, 11) is 6.19. The molecule has 5 heteroatoms. The Morgan fingerprint density at radius 3 is 1.65 bits per heavy atom. The van der Waals surface area contributed by atoms with Gasteiger partial charge in [0, 0.05) is 24.7 Å². The minimum atomic E-state index is -0.0109. The number of hydrogen-bond donors (Lipinski definition) is 1. The van der Waals surface area contributed by atoms with Crippen molar-refractivity contribution in [2.24, 2.45) is 0 Å². The maximum atomic E-state index is 9.09. The van der Waals surface area contributed by atoms with Gasteiger partial charge in [0.15, 0.2) is 23.0 Å². The van der Waals surface area contributed by atoms with E-state index in [2.05, 4.69) is 0 Å². The third kappa shape index (κ3) is 2.55. The molecule has 0 saturated carbocycles. The molecule has 0 bridgehead atoms. The van der Waals surface area contributed by atoms with Crippen LogP contribution in [0.1, 0.15) is 5.56 Å². The van der Waals surface area contributed by atoms with Crippen LogP contribution < -0.4 is 18.9 Å². The second-order valence-electron chi connectivity index (χ2n) is 3.30. The number of rotatable bonds is 6. The molecule has 0 unspecified atom stereocenters. The van der Waals surface area contributed by atoms with Gasteiger partial charge < -0.3 is 24.1 Å². The number of benzene rings is 1. The van der Waals surface area contributed by atoms with Crippen LogP contribution in [0, 0.1) is 0 Å². The molecule has 0 aliphatic rings. The Morgan fingerprint density at radius 2 is 1.35 bits per heavy atom. The summed E-state index contributed by atoms with van der Waals surface area (Å²) in [6, 6.07) is 1.69. The zero-order valence-electron chi connectivity index (χ0n) is 10.6. The lowest BCUT2D eigenvalue weighted by atomic mass is 10.1. The molecule has 0 fully saturated rings. The Balaban J connectivity index is 3.45. The van der Waals surface area contributed by atoms with Crippen molar-refractivity contribution in [2.45, 2.75) is 6.42 Å². The van der Waals surface area contributed by atoms with E-state index in [1.165, 1.54) is 0 Å². The van der Waals surface area contributed by atoms with Gasteiger partial charge in [-0.05, 0) is 0 Å². The molecule has 0 heterocycles. The van der Waals surface area contributed by atoms with Crippen LogP contribution in [0.5, 0.6) is 23.0 Å². The van der Waals surface area contributed by atoms with Crippen molar-refractivity contribution in [2.75, 3.05) is 35.0 Å². The van der Waals surface area contributed by atoms with Crippen molar-refractivity contribution in [3.05, 3.63) is 11.6 Å². The first-order chi connectivity index (χ1) is 8.23. The highest BCUT2D eigenvalue weighted by Crippen LogP contribution is 2.44. The van der Waals surface area contributed by atoms with Gasteiger partial charge in [-0.25, -0.2) is 0 Å². The fraction of sp³-hybridized carbons (Fsp3) is 0.500. The van der Waals surface area contributed by atoms with E-state index >= 15 is 0 Å². The Kier molecular flexibility index (Phi) is 4.90. The summed E-state index contributed by atoms with van der Waals surface area (Å²) in [5.41, 5.74) is 0.730. The molecule has 0 atom stereocenters. The zero-order chi connectivity index (χ0) is 12.8. The second kappa shape index (κ2) is 6.20. The fourth-order valence-electron chi connectivity index (χ4n) is 1.74. The first-order valence-electron chi connectivity index (χ1n) is 5.20. The van der Waals surface area contributed by atoms with E-state index in [1.54, 1.807) is 34.5 Å². The van der Waals surface area contributed by atoms with E-state index in [0.29, 0.717) is 29.4 Å². The first-order valence-corrected chi connectivity index (χ1v) is 5.20. The highest BCUT2D eigenvalue weighted by atomic mass is 16.5. The average Bonchev–Trinajstić information content (AvgIpc) is 2.37. The summed E-state index contributed by atoms with van der Waals surface area (Å²) < 4.78 is 21.0. The largest absolute Gasteiger partial charge is 0.493 e. The van der Waals surface area contributed by atoms with Crippen LogP contribution in [-0.4, -0.2) is 40.2 Å². The van der Waals surface area contributed by atoms with Crippen molar-refractivity contribution in [3.63, 3.8) is 0 Å². The highest BCUT2D eigenvalue weighted by Gasteiger charge is 2.20. The van der Waals surface area contributed by atoms with Crippen LogP contribution in [0.25, 0.3) is 0 Å². The molecular formula is C12H18O5. The predicted octanol–water partition coefficient (Wildman–Crippen LogP) is 1.26. The van der Waals surface area contributed by atoms with Gasteiger partial charge in [0.25, 0.3) is 0 Å². The molecule has 0 spiro atoms. The van der Waals surface area contributed by atoms with E-state index < -0.39 is 0 Å². The zero-order valence-corrected chi connectivity index (χ0v) is 10.6. The van der Waals surface area contributed by atoms with Crippen molar-refractivity contribution < 1.29 is 24.1 Å². The first kappa shape index (κ1) is 13.4. The molecule has 1 N–H and O–H groups in total. The lowest BCUT2D eigenvalue weighted by Crippen LogP contribution is -2.03. The molecule has 1 aromatic rings. The van der Waals surface area contributed by atoms with Crippen LogP contribution in [0.3, 0.4) is 0 Å². The SMILES string of the molecule is COc1cc(OC)c(OC)c(CCO)c1OC. The van der Waals surface area contributed by atoms with Crippen LogP contribution in [0.15, 0.2) is 6.07 Å². The number of methoxy groups -OCH3 is 4. The molecule has 5 nitrogen and oxygen atoms in total. The van der Waals surface area contributed by atoms with Crippen molar-refractivity contribution in [1.29, 1.82) is 0 Å². The third-order valence-electron chi connectivity index (χ3n) is 2.47. The van der Waals surface area contributed by atoms with Gasteiger partial charge in [-0.15, -0.1) is 0 Å². The predicted molar refractivity (Wildman–Crippen MR) is 63.4 cm³/mol. The van der Waals surface area contributed by atoms with Gasteiger partial charge in [-0.3, -0.25) is 0 Å². The van der Waals surface area contributed by atoms with Crippen LogP contribution >= 0.6 is 0 Å². The van der Waals surface area contributed by atoms with Crippen LogP contribution in [-0.2, 0) is 6.42 Å². The van der Waals surface area contributed by atoms with E-state index in [4.69, 9.17) is 24.1 Å². The summed E-state index contributed by atoms with van der Waals surface area (Å²) in [6.45, 7) is -0.0109. The number of aliphatic hydroxyl groups excluding tert-OH is 1. The molecule has 0 aliphatic carbocycles. The maximum absolute atomic E-state index is 9.09. The highest BCUT2D eigenvalue weighted by molar-refractivity contribution is 5.61. The Bertz CT molecular complexity index is 345. The summed E-state index contributed by atoms with van der Waals surface area (Å²) in [5, 5.41) is 9.09. The molecule has 1 aromatic carbocycles. The molecule has 0 saturated heterocycles. The lowest BCUT2D eigenvalue weighted by molar-refractivity contribution is 0.286. The van der Waals surface area contributed by atoms with E-state index in [1.807, 2.05) is 0 Å². The molecule has 0 radical (unpaired) electrons. The van der Waals surface area contributed by atoms with E-state index in [-0.39, 0.29) is 6.61 Å². The van der Waals surface area contributed by atoms with E-state index in [0.717, 1.165) is 5.56 Å². The Labute approximate surface area is 101 Å². The maximum Gasteiger partial charge on any atom is 0.167 e. The number of ether oxygens (including phenoxy) is 4. The minimum Gasteiger partial charge on any atom is -0.493 e. The smallest absolute Gasteiger partial charge is 0.167 e.